The Kier molecular flexibility index (Phi) is 4.12. The van der Waals surface area contributed by atoms with Crippen molar-refractivity contribution in [2.45, 2.75) is 32.2 Å². The standard InChI is InChI=1S/C14H19N3O3/c1-8-5-6-10(12(18)7-8)14(19)16-11-4-2-3-9(11)13(15)17-20/h5-7,9,11,18,20H,2-4H2,1H3,(H2,15,17)(H,16,19). The molecule has 2 atom stereocenters. The van der Waals surface area contributed by atoms with Gasteiger partial charge < -0.3 is 21.4 Å². The van der Waals surface area contributed by atoms with Gasteiger partial charge in [0.05, 0.1) is 5.56 Å². The summed E-state index contributed by atoms with van der Waals surface area (Å²) in [6, 6.07) is 4.74. The molecule has 5 N–H and O–H groups in total. The quantitative estimate of drug-likeness (QED) is 0.289. The van der Waals surface area contributed by atoms with Crippen LogP contribution in [-0.2, 0) is 0 Å². The molecule has 0 heterocycles. The van der Waals surface area contributed by atoms with E-state index in [0.29, 0.717) is 0 Å². The van der Waals surface area contributed by atoms with E-state index in [1.807, 2.05) is 6.92 Å². The number of carbonyl (C=O) groups is 1. The monoisotopic (exact) mass is 277 g/mol. The Labute approximate surface area is 117 Å². The van der Waals surface area contributed by atoms with Crippen molar-refractivity contribution in [1.29, 1.82) is 0 Å². The minimum Gasteiger partial charge on any atom is -0.507 e. The summed E-state index contributed by atoms with van der Waals surface area (Å²) in [5.74, 6) is -0.400. The Hall–Kier alpha value is -2.24. The molecule has 0 spiro atoms. The number of aryl methyl sites for hydroxylation is 1. The number of phenolic OH excluding ortho intramolecular Hbond substituents is 1. The SMILES string of the molecule is Cc1ccc(C(=O)NC2CCCC2C(N)=NO)c(O)c1. The number of nitrogens with two attached hydrogens (primary N) is 1. The molecule has 2 rings (SSSR count). The number of aromatic hydroxyl groups is 1. The number of nitrogens with one attached hydrogen (secondary N) is 1. The molecule has 2 unspecified atom stereocenters. The maximum atomic E-state index is 12.2. The molecule has 20 heavy (non-hydrogen) atoms. The molecule has 6 heteroatoms. The first kappa shape index (κ1) is 14.2. The molecule has 0 saturated heterocycles. The fourth-order valence-electron chi connectivity index (χ4n) is 2.64. The lowest BCUT2D eigenvalue weighted by atomic mass is 10.0. The zero-order valence-electron chi connectivity index (χ0n) is 11.3. The van der Waals surface area contributed by atoms with Gasteiger partial charge in [-0.1, -0.05) is 17.6 Å². The van der Waals surface area contributed by atoms with Crippen LogP contribution in [0, 0.1) is 12.8 Å². The highest BCUT2D eigenvalue weighted by Crippen LogP contribution is 2.27. The molecule has 0 bridgehead atoms. The largest absolute Gasteiger partial charge is 0.507 e. The third kappa shape index (κ3) is 2.84. The van der Waals surface area contributed by atoms with Gasteiger partial charge in [0, 0.05) is 12.0 Å². The van der Waals surface area contributed by atoms with Crippen LogP contribution in [0.15, 0.2) is 23.4 Å². The molecule has 1 amide bonds. The van der Waals surface area contributed by atoms with Crippen LogP contribution in [0.3, 0.4) is 0 Å². The van der Waals surface area contributed by atoms with Gasteiger partial charge in [-0.3, -0.25) is 4.79 Å². The minimum absolute atomic E-state index is 0.0409. The molecule has 6 nitrogen and oxygen atoms in total. The van der Waals surface area contributed by atoms with E-state index in [1.165, 1.54) is 0 Å². The lowest BCUT2D eigenvalue weighted by Crippen LogP contribution is -2.42. The highest BCUT2D eigenvalue weighted by atomic mass is 16.4. The minimum atomic E-state index is -0.342. The Morgan fingerprint density at radius 1 is 1.45 bits per heavy atom. The molecule has 1 fully saturated rings. The molecule has 1 saturated carbocycles. The number of hydrogen-bond donors (Lipinski definition) is 4. The van der Waals surface area contributed by atoms with Gasteiger partial charge in [-0.2, -0.15) is 0 Å². The molecular formula is C14H19N3O3. The van der Waals surface area contributed by atoms with Gasteiger partial charge in [0.15, 0.2) is 0 Å². The second-order valence-corrected chi connectivity index (χ2v) is 5.16. The normalized spacial score (nSPS) is 22.8. The van der Waals surface area contributed by atoms with Crippen LogP contribution in [0.1, 0.15) is 35.2 Å². The van der Waals surface area contributed by atoms with Crippen LogP contribution in [0.2, 0.25) is 0 Å². The van der Waals surface area contributed by atoms with Crippen molar-refractivity contribution >= 4 is 11.7 Å². The predicted octanol–water partition coefficient (Wildman–Crippen LogP) is 1.35. The van der Waals surface area contributed by atoms with Crippen molar-refractivity contribution in [2.24, 2.45) is 16.8 Å². The summed E-state index contributed by atoms with van der Waals surface area (Å²) in [5, 5.41) is 24.4. The van der Waals surface area contributed by atoms with Crippen LogP contribution < -0.4 is 11.1 Å². The zero-order chi connectivity index (χ0) is 14.7. The summed E-state index contributed by atoms with van der Waals surface area (Å²) in [5.41, 5.74) is 6.75. The van der Waals surface area contributed by atoms with Crippen LogP contribution in [0.5, 0.6) is 5.75 Å². The van der Waals surface area contributed by atoms with Crippen molar-refractivity contribution in [1.82, 2.24) is 5.32 Å². The van der Waals surface area contributed by atoms with E-state index in [1.54, 1.807) is 18.2 Å². The number of nitrogens with zero attached hydrogens (tertiary/aromatic N) is 1. The van der Waals surface area contributed by atoms with Crippen molar-refractivity contribution in [3.05, 3.63) is 29.3 Å². The highest BCUT2D eigenvalue weighted by molar-refractivity contribution is 5.97. The second kappa shape index (κ2) is 5.81. The first-order chi connectivity index (χ1) is 9.52. The summed E-state index contributed by atoms with van der Waals surface area (Å²) in [7, 11) is 0. The van der Waals surface area contributed by atoms with Crippen molar-refractivity contribution < 1.29 is 15.1 Å². The first-order valence-corrected chi connectivity index (χ1v) is 6.61. The van der Waals surface area contributed by atoms with E-state index in [0.717, 1.165) is 24.8 Å². The number of benzene rings is 1. The van der Waals surface area contributed by atoms with E-state index in [-0.39, 0.29) is 35.0 Å². The molecule has 108 valence electrons. The number of oxime groups is 1. The Morgan fingerprint density at radius 3 is 2.85 bits per heavy atom. The molecule has 1 aromatic rings. The fourth-order valence-corrected chi connectivity index (χ4v) is 2.64. The fraction of sp³-hybridized carbons (Fsp3) is 0.429. The van der Waals surface area contributed by atoms with Crippen LogP contribution in [0.25, 0.3) is 0 Å². The lowest BCUT2D eigenvalue weighted by molar-refractivity contribution is 0.0930. The van der Waals surface area contributed by atoms with E-state index < -0.39 is 0 Å². The number of hydrogen-bond acceptors (Lipinski definition) is 4. The number of carbonyl (C=O) groups excluding carboxylic acids is 1. The van der Waals surface area contributed by atoms with Gasteiger partial charge in [-0.15, -0.1) is 0 Å². The molecule has 1 aromatic carbocycles. The number of rotatable bonds is 3. The average Bonchev–Trinajstić information content (AvgIpc) is 2.85. The van der Waals surface area contributed by atoms with Gasteiger partial charge in [-0.05, 0) is 37.5 Å². The van der Waals surface area contributed by atoms with Crippen molar-refractivity contribution in [3.8, 4) is 5.75 Å². The van der Waals surface area contributed by atoms with E-state index in [9.17, 15) is 9.90 Å². The molecule has 0 aromatic heterocycles. The van der Waals surface area contributed by atoms with E-state index in [2.05, 4.69) is 10.5 Å². The summed E-state index contributed by atoms with van der Waals surface area (Å²) in [6.07, 6.45) is 2.46. The lowest BCUT2D eigenvalue weighted by Gasteiger charge is -2.20. The first-order valence-electron chi connectivity index (χ1n) is 6.61. The van der Waals surface area contributed by atoms with Gasteiger partial charge in [0.1, 0.15) is 11.6 Å². The number of amides is 1. The highest BCUT2D eigenvalue weighted by Gasteiger charge is 2.32. The van der Waals surface area contributed by atoms with Gasteiger partial charge >= 0.3 is 0 Å². The Bertz CT molecular complexity index is 542. The second-order valence-electron chi connectivity index (χ2n) is 5.16. The van der Waals surface area contributed by atoms with Crippen molar-refractivity contribution in [2.75, 3.05) is 0 Å². The summed E-state index contributed by atoms with van der Waals surface area (Å²) in [4.78, 5) is 12.2. The van der Waals surface area contributed by atoms with Crippen LogP contribution in [-0.4, -0.2) is 28.1 Å². The molecule has 1 aliphatic carbocycles. The Balaban J connectivity index is 2.11. The summed E-state index contributed by atoms with van der Waals surface area (Å²) in [6.45, 7) is 1.84. The van der Waals surface area contributed by atoms with Crippen molar-refractivity contribution in [3.63, 3.8) is 0 Å². The maximum Gasteiger partial charge on any atom is 0.255 e. The Morgan fingerprint density at radius 2 is 2.20 bits per heavy atom. The van der Waals surface area contributed by atoms with Gasteiger partial charge in [0.25, 0.3) is 5.91 Å². The maximum absolute atomic E-state index is 12.2. The number of phenols is 1. The zero-order valence-corrected chi connectivity index (χ0v) is 11.3. The third-order valence-corrected chi connectivity index (χ3v) is 3.73. The summed E-state index contributed by atoms with van der Waals surface area (Å²) < 4.78 is 0. The van der Waals surface area contributed by atoms with Gasteiger partial charge in [-0.25, -0.2) is 0 Å². The topological polar surface area (TPSA) is 108 Å². The summed E-state index contributed by atoms with van der Waals surface area (Å²) >= 11 is 0. The molecule has 1 aliphatic rings. The van der Waals surface area contributed by atoms with E-state index in [4.69, 9.17) is 10.9 Å². The van der Waals surface area contributed by atoms with Crippen LogP contribution >= 0.6 is 0 Å². The molecule has 0 radical (unpaired) electrons. The number of amidine groups is 1. The van der Waals surface area contributed by atoms with E-state index >= 15 is 0 Å². The smallest absolute Gasteiger partial charge is 0.255 e. The molecule has 0 aliphatic heterocycles. The third-order valence-electron chi connectivity index (χ3n) is 3.73. The van der Waals surface area contributed by atoms with Crippen LogP contribution in [0.4, 0.5) is 0 Å². The molecular weight excluding hydrogens is 258 g/mol. The predicted molar refractivity (Wildman–Crippen MR) is 74.8 cm³/mol. The van der Waals surface area contributed by atoms with Gasteiger partial charge in [0.2, 0.25) is 0 Å². The average molecular weight is 277 g/mol.